The van der Waals surface area contributed by atoms with E-state index in [0.717, 1.165) is 53.0 Å². The highest BCUT2D eigenvalue weighted by molar-refractivity contribution is 8.14. The normalized spacial score (nSPS) is 26.7. The predicted molar refractivity (Wildman–Crippen MR) is 147 cm³/mol. The summed E-state index contributed by atoms with van der Waals surface area (Å²) in [7, 11) is 0. The molecule has 0 bridgehead atoms. The molecule has 184 valence electrons. The Labute approximate surface area is 210 Å². The third-order valence-corrected chi connectivity index (χ3v) is 7.61. The van der Waals surface area contributed by atoms with E-state index in [-0.39, 0.29) is 11.9 Å². The zero-order valence-electron chi connectivity index (χ0n) is 21.5. The molecule has 0 aromatic heterocycles. The quantitative estimate of drug-likeness (QED) is 0.383. The first-order valence-corrected chi connectivity index (χ1v) is 13.5. The summed E-state index contributed by atoms with van der Waals surface area (Å²) in [4.78, 5) is 24.6. The van der Waals surface area contributed by atoms with Crippen molar-refractivity contribution < 1.29 is 4.79 Å². The monoisotopic (exact) mass is 480 g/mol. The molecular formula is C28H40N4OS. The van der Waals surface area contributed by atoms with E-state index in [2.05, 4.69) is 40.4 Å². The molecule has 1 unspecified atom stereocenters. The van der Waals surface area contributed by atoms with Crippen LogP contribution in [0.1, 0.15) is 47.5 Å². The molecule has 0 spiro atoms. The highest BCUT2D eigenvalue weighted by atomic mass is 32.2. The minimum atomic E-state index is 0.00189. The molecule has 5 nitrogen and oxygen atoms in total. The lowest BCUT2D eigenvalue weighted by molar-refractivity contribution is -0.124. The molecule has 2 atom stereocenters. The molecule has 0 saturated carbocycles. The van der Waals surface area contributed by atoms with Crippen LogP contribution in [0.5, 0.6) is 0 Å². The molecule has 4 aliphatic rings. The minimum Gasteiger partial charge on any atom is -0.368 e. The fraction of sp³-hybridized carbons (Fsp3) is 0.500. The maximum Gasteiger partial charge on any atom is 0.251 e. The van der Waals surface area contributed by atoms with Gasteiger partial charge in [0.2, 0.25) is 0 Å². The summed E-state index contributed by atoms with van der Waals surface area (Å²) >= 11 is 1.75. The van der Waals surface area contributed by atoms with Crippen molar-refractivity contribution in [3.05, 3.63) is 71.8 Å². The first-order chi connectivity index (χ1) is 16.4. The summed E-state index contributed by atoms with van der Waals surface area (Å²) in [6.45, 7) is 18.4. The number of allylic oxidation sites excluding steroid dienone is 6. The molecule has 4 rings (SSSR count). The molecule has 6 heteroatoms. The number of nitrogens with zero attached hydrogens (tertiary/aromatic N) is 4. The molecule has 0 aromatic carbocycles. The van der Waals surface area contributed by atoms with Crippen LogP contribution < -0.4 is 0 Å². The fourth-order valence-electron chi connectivity index (χ4n) is 4.73. The summed E-state index contributed by atoms with van der Waals surface area (Å²) in [5, 5.41) is 1.09. The molecule has 0 aromatic rings. The van der Waals surface area contributed by atoms with Crippen LogP contribution in [0, 0.1) is 0 Å². The zero-order valence-corrected chi connectivity index (χ0v) is 22.3. The van der Waals surface area contributed by atoms with Crippen LogP contribution in [-0.4, -0.2) is 69.7 Å². The topological polar surface area (TPSA) is 39.2 Å². The number of piperazine rings is 1. The van der Waals surface area contributed by atoms with Crippen molar-refractivity contribution in [2.24, 2.45) is 4.99 Å². The number of fused-ring (bicyclic) bond motifs is 1. The molecule has 0 radical (unpaired) electrons. The van der Waals surface area contributed by atoms with Crippen molar-refractivity contribution in [3.8, 4) is 0 Å². The highest BCUT2D eigenvalue weighted by Gasteiger charge is 2.32. The highest BCUT2D eigenvalue weighted by Crippen LogP contribution is 2.26. The Morgan fingerprint density at radius 3 is 2.76 bits per heavy atom. The van der Waals surface area contributed by atoms with Crippen molar-refractivity contribution in [1.82, 2.24) is 14.7 Å². The van der Waals surface area contributed by atoms with Gasteiger partial charge in [-0.2, -0.15) is 0 Å². The molecule has 0 N–H and O–H groups in total. The second-order valence-electron chi connectivity index (χ2n) is 8.91. The van der Waals surface area contributed by atoms with E-state index < -0.39 is 0 Å². The van der Waals surface area contributed by atoms with Crippen LogP contribution in [0.4, 0.5) is 0 Å². The van der Waals surface area contributed by atoms with Gasteiger partial charge in [-0.3, -0.25) is 14.7 Å². The summed E-state index contributed by atoms with van der Waals surface area (Å²) in [6.07, 6.45) is 16.5. The zero-order chi connectivity index (χ0) is 24.7. The number of hydrogen-bond acceptors (Lipinski definition) is 5. The SMILES string of the molecule is C=CC(=C\C=C1/CSC(C)=N1)/C(C)=C/C(=O)N1C=C(N2CCN3CCC[C@@H]3C2)C=CC1C.CC. The Hall–Kier alpha value is -2.31. The lowest BCUT2D eigenvalue weighted by Crippen LogP contribution is -2.50. The van der Waals surface area contributed by atoms with Gasteiger partial charge in [-0.1, -0.05) is 38.7 Å². The third-order valence-electron chi connectivity index (χ3n) is 6.66. The van der Waals surface area contributed by atoms with Gasteiger partial charge in [-0.05, 0) is 63.5 Å². The average molecular weight is 481 g/mol. The van der Waals surface area contributed by atoms with E-state index >= 15 is 0 Å². The maximum absolute atomic E-state index is 13.2. The van der Waals surface area contributed by atoms with Crippen molar-refractivity contribution in [3.63, 3.8) is 0 Å². The van der Waals surface area contributed by atoms with Crippen LogP contribution in [0.3, 0.4) is 0 Å². The van der Waals surface area contributed by atoms with Crippen molar-refractivity contribution in [1.29, 1.82) is 0 Å². The molecule has 4 heterocycles. The van der Waals surface area contributed by atoms with Gasteiger partial charge in [0.1, 0.15) is 0 Å². The summed E-state index contributed by atoms with van der Waals surface area (Å²) < 4.78 is 0. The van der Waals surface area contributed by atoms with Gasteiger partial charge in [0, 0.05) is 43.7 Å². The summed E-state index contributed by atoms with van der Waals surface area (Å²) in [6, 6.07) is 0.693. The van der Waals surface area contributed by atoms with Crippen LogP contribution in [0.15, 0.2) is 76.8 Å². The molecule has 2 saturated heterocycles. The van der Waals surface area contributed by atoms with Gasteiger partial charge >= 0.3 is 0 Å². The van der Waals surface area contributed by atoms with Crippen LogP contribution >= 0.6 is 11.8 Å². The number of amides is 1. The predicted octanol–water partition coefficient (Wildman–Crippen LogP) is 5.53. The van der Waals surface area contributed by atoms with E-state index in [1.807, 2.05) is 50.9 Å². The Bertz CT molecular complexity index is 955. The van der Waals surface area contributed by atoms with E-state index in [1.165, 1.54) is 19.4 Å². The van der Waals surface area contributed by atoms with Gasteiger partial charge in [0.05, 0.1) is 22.5 Å². The molecule has 1 amide bonds. The van der Waals surface area contributed by atoms with Crippen molar-refractivity contribution in [2.75, 3.05) is 31.9 Å². The van der Waals surface area contributed by atoms with Gasteiger partial charge in [-0.15, -0.1) is 11.8 Å². The van der Waals surface area contributed by atoms with Crippen molar-refractivity contribution >= 4 is 22.7 Å². The largest absolute Gasteiger partial charge is 0.368 e. The van der Waals surface area contributed by atoms with Crippen LogP contribution in [-0.2, 0) is 4.79 Å². The fourth-order valence-corrected chi connectivity index (χ4v) is 5.43. The lowest BCUT2D eigenvalue weighted by Gasteiger charge is -2.41. The van der Waals surface area contributed by atoms with Gasteiger partial charge in [0.25, 0.3) is 5.91 Å². The molecule has 34 heavy (non-hydrogen) atoms. The first kappa shape index (κ1) is 26.3. The third kappa shape index (κ3) is 6.42. The maximum atomic E-state index is 13.2. The number of thioether (sulfide) groups is 1. The smallest absolute Gasteiger partial charge is 0.251 e. The summed E-state index contributed by atoms with van der Waals surface area (Å²) in [5.74, 6) is 0.899. The molecule has 0 aliphatic carbocycles. The van der Waals surface area contributed by atoms with E-state index in [4.69, 9.17) is 0 Å². The Balaban J connectivity index is 0.00000158. The van der Waals surface area contributed by atoms with Gasteiger partial charge < -0.3 is 9.80 Å². The Kier molecular flexibility index (Phi) is 9.60. The van der Waals surface area contributed by atoms with Crippen LogP contribution in [0.25, 0.3) is 0 Å². The van der Waals surface area contributed by atoms with E-state index in [9.17, 15) is 4.79 Å². The number of carbonyl (C=O) groups excluding carboxylic acids is 1. The van der Waals surface area contributed by atoms with E-state index in [0.29, 0.717) is 6.04 Å². The molecule has 4 aliphatic heterocycles. The Morgan fingerprint density at radius 2 is 2.06 bits per heavy atom. The average Bonchev–Trinajstić information content (AvgIpc) is 3.49. The van der Waals surface area contributed by atoms with Crippen molar-refractivity contribution in [2.45, 2.75) is 59.5 Å². The molecule has 2 fully saturated rings. The Morgan fingerprint density at radius 1 is 1.26 bits per heavy atom. The summed E-state index contributed by atoms with van der Waals surface area (Å²) in [5.41, 5.74) is 4.04. The second kappa shape index (κ2) is 12.4. The second-order valence-corrected chi connectivity index (χ2v) is 10.1. The first-order valence-electron chi connectivity index (χ1n) is 12.6. The van der Waals surface area contributed by atoms with Gasteiger partial charge in [0.15, 0.2) is 0 Å². The number of aliphatic imine (C=N–C) groups is 1. The number of rotatable bonds is 5. The number of hydrogen-bond donors (Lipinski definition) is 0. The van der Waals surface area contributed by atoms with E-state index in [1.54, 1.807) is 23.9 Å². The van der Waals surface area contributed by atoms with Gasteiger partial charge in [-0.25, -0.2) is 0 Å². The lowest BCUT2D eigenvalue weighted by atomic mass is 10.1. The molecular weight excluding hydrogens is 440 g/mol. The van der Waals surface area contributed by atoms with Crippen LogP contribution in [0.2, 0.25) is 0 Å². The standard InChI is InChI=1S/C26H34N4OS.C2H6/c1-5-22(9-10-23-18-32-21(4)27-23)19(2)15-26(31)30-17-25(11-8-20(30)3)29-14-13-28-12-6-7-24(28)16-29;1-2/h5,8-11,15,17,20,24H,1,6-7,12-14,16,18H2,2-4H3;1-2H3/b19-15+,22-9+,23-10+;/t20?,24-;/m1./s1. The number of carbonyl (C=O) groups is 1. The minimum absolute atomic E-state index is 0.00189.